The summed E-state index contributed by atoms with van der Waals surface area (Å²) in [6, 6.07) is 3.14. The zero-order chi connectivity index (χ0) is 21.6. The van der Waals surface area contributed by atoms with Crippen LogP contribution in [0.5, 0.6) is 0 Å². The highest BCUT2D eigenvalue weighted by atomic mass is 32.1. The molecule has 3 heterocycles. The highest BCUT2D eigenvalue weighted by Gasteiger charge is 2.52. The van der Waals surface area contributed by atoms with Crippen molar-refractivity contribution in [2.24, 2.45) is 0 Å². The standard InChI is InChI=1S/C14H22BNO3S/c1-13(2)14(3,4)19-15(18-13)11-6-7-12(20-11)16-8-10(9-16)17-5/h6-7,10H,8-9H2,1-5H3/i5D3,8D2,9D2,10D. The molecule has 1 aromatic rings. The fraction of sp³-hybridized carbons (Fsp3) is 0.714. The predicted octanol–water partition coefficient (Wildman–Crippen LogP) is 1.88. The largest absolute Gasteiger partial charge is 0.505 e. The molecule has 6 heteroatoms. The molecule has 0 amide bonds. The van der Waals surface area contributed by atoms with Gasteiger partial charge in [0.05, 0.1) is 33.2 Å². The van der Waals surface area contributed by atoms with Gasteiger partial charge in [0, 0.05) is 24.8 Å². The van der Waals surface area contributed by atoms with Gasteiger partial charge in [-0.1, -0.05) is 0 Å². The fourth-order valence-corrected chi connectivity index (χ4v) is 2.80. The van der Waals surface area contributed by atoms with Crippen LogP contribution in [0.3, 0.4) is 0 Å². The Bertz CT molecular complexity index is 749. The van der Waals surface area contributed by atoms with Crippen molar-refractivity contribution in [3.8, 4) is 0 Å². The Morgan fingerprint density at radius 1 is 1.40 bits per heavy atom. The monoisotopic (exact) mass is 303 g/mol. The van der Waals surface area contributed by atoms with E-state index < -0.39 is 44.4 Å². The second kappa shape index (κ2) is 4.73. The van der Waals surface area contributed by atoms with Crippen LogP contribution in [0.2, 0.25) is 0 Å². The van der Waals surface area contributed by atoms with Gasteiger partial charge in [-0.2, -0.15) is 0 Å². The summed E-state index contributed by atoms with van der Waals surface area (Å²) in [7, 11) is -3.81. The summed E-state index contributed by atoms with van der Waals surface area (Å²) in [5.41, 5.74) is -1.13. The lowest BCUT2D eigenvalue weighted by Crippen LogP contribution is -2.51. The first-order chi connectivity index (χ1) is 12.4. The van der Waals surface area contributed by atoms with E-state index in [1.165, 1.54) is 6.07 Å². The fourth-order valence-electron chi connectivity index (χ4n) is 1.91. The molecule has 2 saturated heterocycles. The maximum atomic E-state index is 8.13. The highest BCUT2D eigenvalue weighted by Crippen LogP contribution is 2.37. The molecule has 110 valence electrons. The molecule has 0 atom stereocenters. The van der Waals surface area contributed by atoms with Crippen LogP contribution in [0.4, 0.5) is 5.00 Å². The molecule has 0 saturated carbocycles. The topological polar surface area (TPSA) is 30.9 Å². The summed E-state index contributed by atoms with van der Waals surface area (Å²) in [6.07, 6.45) is -2.92. The molecule has 3 rings (SSSR count). The van der Waals surface area contributed by atoms with Gasteiger partial charge >= 0.3 is 7.12 Å². The minimum absolute atomic E-state index is 0.178. The third-order valence-electron chi connectivity index (χ3n) is 3.85. The van der Waals surface area contributed by atoms with Crippen LogP contribution in [-0.2, 0) is 14.0 Å². The molecular formula is C14H22BNO3S. The van der Waals surface area contributed by atoms with Gasteiger partial charge in [0.15, 0.2) is 0 Å². The molecule has 20 heavy (non-hydrogen) atoms. The van der Waals surface area contributed by atoms with E-state index in [0.717, 1.165) is 16.2 Å². The van der Waals surface area contributed by atoms with Gasteiger partial charge in [-0.15, -0.1) is 11.3 Å². The van der Waals surface area contributed by atoms with Crippen molar-refractivity contribution in [1.29, 1.82) is 0 Å². The molecule has 0 spiro atoms. The summed E-state index contributed by atoms with van der Waals surface area (Å²) in [4.78, 5) is 0.720. The van der Waals surface area contributed by atoms with Crippen molar-refractivity contribution < 1.29 is 25.0 Å². The number of methoxy groups -OCH3 is 1. The van der Waals surface area contributed by atoms with E-state index in [9.17, 15) is 0 Å². The molecule has 4 nitrogen and oxygen atoms in total. The van der Waals surface area contributed by atoms with Gasteiger partial charge in [0.1, 0.15) is 0 Å². The lowest BCUT2D eigenvalue weighted by Gasteiger charge is -2.38. The first-order valence-corrected chi connectivity index (χ1v) is 7.13. The van der Waals surface area contributed by atoms with Crippen molar-refractivity contribution in [3.05, 3.63) is 12.1 Å². The maximum absolute atomic E-state index is 8.13. The number of nitrogens with zero attached hydrogens (tertiary/aromatic N) is 1. The molecule has 0 radical (unpaired) electrons. The number of anilines is 1. The number of hydrogen-bond acceptors (Lipinski definition) is 5. The van der Waals surface area contributed by atoms with Crippen LogP contribution in [0.25, 0.3) is 0 Å². The van der Waals surface area contributed by atoms with Crippen LogP contribution in [-0.4, -0.2) is 44.4 Å². The number of ether oxygens (including phenoxy) is 1. The number of hydrogen-bond donors (Lipinski definition) is 0. The molecule has 0 unspecified atom stereocenters. The second-order valence-corrected chi connectivity index (χ2v) is 6.85. The summed E-state index contributed by atoms with van der Waals surface area (Å²) in [5, 5.41) is 0.178. The zero-order valence-electron chi connectivity index (χ0n) is 19.8. The van der Waals surface area contributed by atoms with Crippen molar-refractivity contribution >= 4 is 28.2 Å². The van der Waals surface area contributed by atoms with Gasteiger partial charge < -0.3 is 18.9 Å². The normalized spacial score (nSPS) is 38.2. The third-order valence-corrected chi connectivity index (χ3v) is 4.94. The molecule has 0 aromatic carbocycles. The molecule has 1 aromatic heterocycles. The van der Waals surface area contributed by atoms with E-state index in [0.29, 0.717) is 4.78 Å². The Balaban J connectivity index is 1.88. The SMILES string of the molecule is [2H]C([2H])([2H])OC1([2H])C([2H])([2H])N(c2ccc(B3OC(C)(C)C(C)(C)O3)s2)C1([2H])[2H]. The van der Waals surface area contributed by atoms with Crippen LogP contribution in [0, 0.1) is 0 Å². The first kappa shape index (κ1) is 7.63. The van der Waals surface area contributed by atoms with Gasteiger partial charge in [0.2, 0.25) is 0 Å². The lowest BCUT2D eigenvalue weighted by atomic mass is 9.88. The van der Waals surface area contributed by atoms with Crippen molar-refractivity contribution in [2.45, 2.75) is 45.0 Å². The first-order valence-electron chi connectivity index (χ1n) is 10.3. The quantitative estimate of drug-likeness (QED) is 0.798. The van der Waals surface area contributed by atoms with Crippen LogP contribution in [0.1, 0.15) is 38.7 Å². The van der Waals surface area contributed by atoms with Crippen molar-refractivity contribution in [3.63, 3.8) is 0 Å². The summed E-state index contributed by atoms with van der Waals surface area (Å²) in [6.45, 7) is 2.18. The molecule has 0 bridgehead atoms. The number of rotatable bonds is 3. The van der Waals surface area contributed by atoms with E-state index in [-0.39, 0.29) is 5.00 Å². The van der Waals surface area contributed by atoms with Crippen LogP contribution < -0.4 is 9.68 Å². The minimum atomic E-state index is -3.11. The predicted molar refractivity (Wildman–Crippen MR) is 83.0 cm³/mol. The molecule has 2 aliphatic rings. The van der Waals surface area contributed by atoms with E-state index in [1.54, 1.807) is 6.07 Å². The molecule has 2 fully saturated rings. The van der Waals surface area contributed by atoms with Crippen molar-refractivity contribution in [2.75, 3.05) is 24.9 Å². The summed E-state index contributed by atoms with van der Waals surface area (Å²) < 4.78 is 79.1. The van der Waals surface area contributed by atoms with Gasteiger partial charge in [-0.05, 0) is 39.8 Å². The van der Waals surface area contributed by atoms with Crippen molar-refractivity contribution in [1.82, 2.24) is 0 Å². The summed E-state index contributed by atoms with van der Waals surface area (Å²) >= 11 is 1.06. The van der Waals surface area contributed by atoms with Gasteiger partial charge in [-0.25, -0.2) is 0 Å². The van der Waals surface area contributed by atoms with Gasteiger partial charge in [-0.3, -0.25) is 0 Å². The van der Waals surface area contributed by atoms with E-state index in [2.05, 4.69) is 4.74 Å². The van der Waals surface area contributed by atoms with Gasteiger partial charge in [0.25, 0.3) is 0 Å². The Morgan fingerprint density at radius 2 is 2.05 bits per heavy atom. The highest BCUT2D eigenvalue weighted by molar-refractivity contribution is 7.25. The average molecular weight is 303 g/mol. The average Bonchev–Trinajstić information content (AvgIpc) is 2.99. The molecule has 0 aliphatic carbocycles. The van der Waals surface area contributed by atoms with E-state index in [1.807, 2.05) is 27.7 Å². The Kier molecular flexibility index (Phi) is 1.80. The second-order valence-electron chi connectivity index (χ2n) is 5.75. The molecule has 0 N–H and O–H groups in total. The minimum Gasteiger partial charge on any atom is -0.399 e. The van der Waals surface area contributed by atoms with E-state index >= 15 is 0 Å². The van der Waals surface area contributed by atoms with Crippen LogP contribution >= 0.6 is 11.3 Å². The zero-order valence-corrected chi connectivity index (χ0v) is 12.6. The molecular weight excluding hydrogens is 273 g/mol. The Labute approximate surface area is 136 Å². The third kappa shape index (κ3) is 2.28. The van der Waals surface area contributed by atoms with E-state index in [4.69, 9.17) is 20.3 Å². The maximum Gasteiger partial charge on any atom is 0.505 e. The lowest BCUT2D eigenvalue weighted by molar-refractivity contribution is 0.00578. The molecule has 2 aliphatic heterocycles. The Hall–Kier alpha value is -0.555. The Morgan fingerprint density at radius 3 is 2.65 bits per heavy atom. The van der Waals surface area contributed by atoms with Crippen LogP contribution in [0.15, 0.2) is 12.1 Å². The smallest absolute Gasteiger partial charge is 0.399 e. The number of thiophene rings is 1. The summed E-state index contributed by atoms with van der Waals surface area (Å²) in [5.74, 6) is 0.